The molecule has 1 unspecified atom stereocenters. The number of carboxylic acids is 1. The van der Waals surface area contributed by atoms with E-state index < -0.39 is 18.0 Å². The van der Waals surface area contributed by atoms with Gasteiger partial charge in [-0.1, -0.05) is 88.5 Å². The number of carbonyl (C=O) groups is 3. The van der Waals surface area contributed by atoms with E-state index in [2.05, 4.69) is 73.0 Å². The molecule has 7 heteroatoms. The summed E-state index contributed by atoms with van der Waals surface area (Å²) in [5.41, 5.74) is -0.0442. The third-order valence-electron chi connectivity index (χ3n) is 7.04. The van der Waals surface area contributed by atoms with Crippen LogP contribution < -0.4 is 5.32 Å². The summed E-state index contributed by atoms with van der Waals surface area (Å²) in [5.74, 6) is -2.53. The van der Waals surface area contributed by atoms with Gasteiger partial charge in [0, 0.05) is 24.6 Å². The Morgan fingerprint density at radius 3 is 1.96 bits per heavy atom. The van der Waals surface area contributed by atoms with Crippen molar-refractivity contribution in [1.82, 2.24) is 0 Å². The van der Waals surface area contributed by atoms with Gasteiger partial charge in [-0.2, -0.15) is 0 Å². The lowest BCUT2D eigenvalue weighted by Crippen LogP contribution is -2.32. The highest BCUT2D eigenvalue weighted by Crippen LogP contribution is 2.24. The van der Waals surface area contributed by atoms with Crippen LogP contribution in [0.25, 0.3) is 0 Å². The number of nitrogens with one attached hydrogen (secondary N) is 1. The van der Waals surface area contributed by atoms with Crippen molar-refractivity contribution in [3.63, 3.8) is 0 Å². The number of allylic oxidation sites excluding steroid dienone is 10. The second-order valence-corrected chi connectivity index (χ2v) is 11.5. The normalized spacial score (nSPS) is 13.6. The van der Waals surface area contributed by atoms with E-state index in [4.69, 9.17) is 4.74 Å². The molecule has 0 bridgehead atoms. The number of anilines is 1. The minimum atomic E-state index is -1.29. The lowest BCUT2D eigenvalue weighted by molar-refractivity contribution is -0.134. The summed E-state index contributed by atoms with van der Waals surface area (Å²) in [7, 11) is 0. The molecule has 248 valence electrons. The maximum atomic E-state index is 13.1. The molecule has 1 rings (SSSR count). The molecule has 0 heterocycles. The Labute approximate surface area is 270 Å². The number of hydrogen-bond acceptors (Lipinski definition) is 5. The predicted octanol–water partition coefficient (Wildman–Crippen LogP) is 9.37. The van der Waals surface area contributed by atoms with Crippen LogP contribution in [0.3, 0.4) is 0 Å². The van der Waals surface area contributed by atoms with Crippen LogP contribution in [0.4, 0.5) is 5.69 Å². The second kappa shape index (κ2) is 24.6. The molecule has 1 aromatic carbocycles. The smallest absolute Gasteiger partial charge is 0.339 e. The number of phenols is 1. The molecule has 1 amide bonds. The topological polar surface area (TPSA) is 113 Å². The number of ketones is 1. The number of hydrogen-bond donors (Lipinski definition) is 3. The molecule has 0 saturated heterocycles. The van der Waals surface area contributed by atoms with Crippen molar-refractivity contribution in [3.8, 4) is 5.75 Å². The lowest BCUT2D eigenvalue weighted by atomic mass is 9.90. The van der Waals surface area contributed by atoms with Crippen LogP contribution >= 0.6 is 0 Å². The van der Waals surface area contributed by atoms with Crippen LogP contribution in [-0.4, -0.2) is 40.6 Å². The first-order valence-electron chi connectivity index (χ1n) is 16.5. The van der Waals surface area contributed by atoms with Crippen molar-refractivity contribution in [3.05, 3.63) is 84.5 Å². The van der Waals surface area contributed by atoms with Gasteiger partial charge in [0.1, 0.15) is 17.4 Å². The summed E-state index contributed by atoms with van der Waals surface area (Å²) in [4.78, 5) is 37.5. The summed E-state index contributed by atoms with van der Waals surface area (Å²) in [6, 6.07) is 3.87. The Balaban J connectivity index is 2.37. The highest BCUT2D eigenvalue weighted by atomic mass is 16.5. The van der Waals surface area contributed by atoms with Crippen LogP contribution in [0, 0.1) is 11.8 Å². The number of benzene rings is 1. The molecule has 1 aromatic rings. The SMILES string of the molecule is CC/C=C\C/C=C\C/C=C\C/C=C\C/C=C\CCCCOC(CC)C(=O)C[C@@H](CC(C)C)C(=O)Nc1ccc(O)c(C(=O)O)c1. The summed E-state index contributed by atoms with van der Waals surface area (Å²) < 4.78 is 5.92. The van der Waals surface area contributed by atoms with Gasteiger partial charge in [0.05, 0.1) is 0 Å². The molecular weight excluding hydrogens is 566 g/mol. The number of aromatic carboxylic acids is 1. The van der Waals surface area contributed by atoms with Gasteiger partial charge >= 0.3 is 5.97 Å². The monoisotopic (exact) mass is 621 g/mol. The van der Waals surface area contributed by atoms with Crippen LogP contribution in [0.15, 0.2) is 79.0 Å². The Morgan fingerprint density at radius 1 is 0.844 bits per heavy atom. The fourth-order valence-electron chi connectivity index (χ4n) is 4.65. The maximum Gasteiger partial charge on any atom is 0.339 e. The van der Waals surface area contributed by atoms with E-state index in [1.165, 1.54) is 18.2 Å². The number of carbonyl (C=O) groups excluding carboxylic acids is 2. The van der Waals surface area contributed by atoms with Crippen molar-refractivity contribution in [1.29, 1.82) is 0 Å². The van der Waals surface area contributed by atoms with Crippen LogP contribution in [0.1, 0.15) is 109 Å². The van der Waals surface area contributed by atoms with Crippen molar-refractivity contribution in [2.75, 3.05) is 11.9 Å². The molecule has 3 N–H and O–H groups in total. The zero-order chi connectivity index (χ0) is 33.3. The summed E-state index contributed by atoms with van der Waals surface area (Å²) in [5, 5.41) is 21.7. The van der Waals surface area contributed by atoms with Crippen molar-refractivity contribution >= 4 is 23.3 Å². The van der Waals surface area contributed by atoms with E-state index in [1.807, 2.05) is 20.8 Å². The van der Waals surface area contributed by atoms with E-state index in [0.717, 1.165) is 51.4 Å². The van der Waals surface area contributed by atoms with Gasteiger partial charge < -0.3 is 20.3 Å². The van der Waals surface area contributed by atoms with Gasteiger partial charge in [0.25, 0.3) is 0 Å². The Bertz CT molecular complexity index is 1160. The first kappa shape index (κ1) is 39.3. The first-order valence-corrected chi connectivity index (χ1v) is 16.5. The molecule has 0 fully saturated rings. The van der Waals surface area contributed by atoms with Crippen LogP contribution in [-0.2, 0) is 14.3 Å². The number of Topliss-reactive ketones (excluding diaryl/α,β-unsaturated/α-hetero) is 1. The van der Waals surface area contributed by atoms with Crippen molar-refractivity contribution < 1.29 is 29.3 Å². The van der Waals surface area contributed by atoms with Gasteiger partial charge in [-0.05, 0) is 88.3 Å². The lowest BCUT2D eigenvalue weighted by Gasteiger charge is -2.21. The quantitative estimate of drug-likeness (QED) is 0.0602. The fraction of sp³-hybridized carbons (Fsp3) is 0.500. The second-order valence-electron chi connectivity index (χ2n) is 11.5. The average molecular weight is 622 g/mol. The number of ether oxygens (including phenoxy) is 1. The van der Waals surface area contributed by atoms with Crippen molar-refractivity contribution in [2.24, 2.45) is 11.8 Å². The highest BCUT2D eigenvalue weighted by molar-refractivity contribution is 5.98. The standard InChI is InChI=1S/C38H55NO6/c1-5-7-8-9-10-11-12-13-14-15-16-17-18-19-20-21-22-23-26-45-36(6-2)35(41)28-31(27-30(3)4)37(42)39-32-24-25-34(40)33(29-32)38(43)44/h7-8,10-11,13-14,16-17,19-20,24-25,29-31,36,40H,5-6,9,12,15,18,21-23,26-28H2,1-4H3,(H,39,42)(H,43,44)/b8-7-,11-10-,14-13-,17-16-,20-19-/t31-,36?/m1/s1. The number of aromatic hydroxyl groups is 1. The van der Waals surface area contributed by atoms with Gasteiger partial charge in [0.2, 0.25) is 5.91 Å². The van der Waals surface area contributed by atoms with Crippen molar-refractivity contribution in [2.45, 2.75) is 104 Å². The molecule has 0 aliphatic rings. The number of rotatable bonds is 24. The van der Waals surface area contributed by atoms with Gasteiger partial charge in [-0.3, -0.25) is 9.59 Å². The molecule has 0 aliphatic heterocycles. The fourth-order valence-corrected chi connectivity index (χ4v) is 4.65. The summed E-state index contributed by atoms with van der Waals surface area (Å²) in [6.07, 6.45) is 30.1. The number of unbranched alkanes of at least 4 members (excludes halogenated alkanes) is 2. The van der Waals surface area contributed by atoms with E-state index in [-0.39, 0.29) is 41.0 Å². The molecule has 7 nitrogen and oxygen atoms in total. The zero-order valence-electron chi connectivity index (χ0n) is 27.8. The van der Waals surface area contributed by atoms with Gasteiger partial charge in [0.15, 0.2) is 5.78 Å². The summed E-state index contributed by atoms with van der Waals surface area (Å²) in [6.45, 7) is 8.50. The molecular formula is C38H55NO6. The maximum absolute atomic E-state index is 13.1. The molecule has 2 atom stereocenters. The van der Waals surface area contributed by atoms with Gasteiger partial charge in [-0.25, -0.2) is 4.79 Å². The average Bonchev–Trinajstić information content (AvgIpc) is 3.00. The molecule has 0 radical (unpaired) electrons. The molecule has 0 aromatic heterocycles. The van der Waals surface area contributed by atoms with E-state index in [9.17, 15) is 24.6 Å². The molecule has 45 heavy (non-hydrogen) atoms. The number of carboxylic acid groups (broad SMARTS) is 1. The third-order valence-corrected chi connectivity index (χ3v) is 7.04. The van der Waals surface area contributed by atoms with Crippen LogP contribution in [0.2, 0.25) is 0 Å². The van der Waals surface area contributed by atoms with Gasteiger partial charge in [-0.15, -0.1) is 0 Å². The minimum Gasteiger partial charge on any atom is -0.507 e. The third kappa shape index (κ3) is 18.6. The Kier molecular flexibility index (Phi) is 21.5. The van der Waals surface area contributed by atoms with E-state index in [0.29, 0.717) is 19.4 Å². The minimum absolute atomic E-state index is 0.0480. The Morgan fingerprint density at radius 2 is 1.42 bits per heavy atom. The van der Waals surface area contributed by atoms with E-state index >= 15 is 0 Å². The van der Waals surface area contributed by atoms with E-state index in [1.54, 1.807) is 0 Å². The molecule has 0 saturated carbocycles. The molecule has 0 aliphatic carbocycles. The predicted molar refractivity (Wildman–Crippen MR) is 185 cm³/mol. The molecule has 0 spiro atoms. The zero-order valence-corrected chi connectivity index (χ0v) is 27.8. The largest absolute Gasteiger partial charge is 0.507 e. The first-order chi connectivity index (χ1) is 21.7. The number of amides is 1. The Hall–Kier alpha value is -3.71. The summed E-state index contributed by atoms with van der Waals surface area (Å²) >= 11 is 0. The highest BCUT2D eigenvalue weighted by Gasteiger charge is 2.27. The van der Waals surface area contributed by atoms with Crippen LogP contribution in [0.5, 0.6) is 5.75 Å².